The van der Waals surface area contributed by atoms with Crippen molar-refractivity contribution in [3.05, 3.63) is 95.5 Å². The minimum atomic E-state index is 0.364. The number of benzene rings is 1. The molecule has 0 bridgehead atoms. The van der Waals surface area contributed by atoms with Gasteiger partial charge in [-0.25, -0.2) is 0 Å². The number of hydrogen-bond acceptors (Lipinski definition) is 9. The fourth-order valence-corrected chi connectivity index (χ4v) is 3.00. The van der Waals surface area contributed by atoms with Crippen LogP contribution in [0, 0.1) is 0 Å². The van der Waals surface area contributed by atoms with Gasteiger partial charge in [0.25, 0.3) is 0 Å². The maximum Gasteiger partial charge on any atom is 0.231 e. The summed E-state index contributed by atoms with van der Waals surface area (Å²) in [6.45, 7) is 3.80. The maximum atomic E-state index is 5.99. The highest BCUT2D eigenvalue weighted by molar-refractivity contribution is 6.30. The zero-order valence-corrected chi connectivity index (χ0v) is 19.3. The van der Waals surface area contributed by atoms with E-state index in [9.17, 15) is 0 Å². The first kappa shape index (κ1) is 22.8. The second-order valence-corrected chi connectivity index (χ2v) is 7.62. The number of aromatic nitrogens is 4. The van der Waals surface area contributed by atoms with E-state index in [1.807, 2.05) is 50.2 Å². The number of rotatable bonds is 8. The molecule has 0 amide bonds. The molecule has 4 aromatic rings. The number of pyridine rings is 2. The summed E-state index contributed by atoms with van der Waals surface area (Å²) >= 11 is 5.99. The van der Waals surface area contributed by atoms with Crippen LogP contribution < -0.4 is 16.2 Å². The van der Waals surface area contributed by atoms with Crippen molar-refractivity contribution in [3.8, 4) is 0 Å². The Morgan fingerprint density at radius 2 is 1.18 bits per heavy atom. The molecule has 0 saturated carbocycles. The Bertz CT molecular complexity index is 1220. The molecule has 34 heavy (non-hydrogen) atoms. The normalized spacial score (nSPS) is 11.7. The number of hydrogen-bond donors (Lipinski definition) is 3. The monoisotopic (exact) mass is 471 g/mol. The van der Waals surface area contributed by atoms with Crippen LogP contribution in [0.4, 0.5) is 23.3 Å². The van der Waals surface area contributed by atoms with Crippen molar-refractivity contribution >= 4 is 46.3 Å². The molecule has 1 aromatic carbocycles. The summed E-state index contributed by atoms with van der Waals surface area (Å²) in [5.41, 5.74) is 10.3. The molecule has 4 rings (SSSR count). The predicted molar refractivity (Wildman–Crippen MR) is 137 cm³/mol. The van der Waals surface area contributed by atoms with E-state index in [2.05, 4.69) is 46.3 Å². The standard InChI is InChI=1S/C24H22ClN9/c1-16(18-7-11-26-12-8-18)31-33-22-15-23(34-32-17(2)19-9-13-27-14-10-19)30-24(29-22)28-21-5-3-20(25)4-6-21/h3-15H,1-2H3,(H3,28,29,30,33,34). The minimum Gasteiger partial charge on any atom is -0.324 e. The lowest BCUT2D eigenvalue weighted by molar-refractivity contribution is 1.12. The Morgan fingerprint density at radius 1 is 0.706 bits per heavy atom. The molecule has 0 radical (unpaired) electrons. The van der Waals surface area contributed by atoms with Gasteiger partial charge in [-0.3, -0.25) is 20.8 Å². The van der Waals surface area contributed by atoms with Crippen LogP contribution >= 0.6 is 11.6 Å². The first-order chi connectivity index (χ1) is 16.6. The van der Waals surface area contributed by atoms with E-state index >= 15 is 0 Å². The average Bonchev–Trinajstić information content (AvgIpc) is 2.88. The first-order valence-electron chi connectivity index (χ1n) is 10.4. The summed E-state index contributed by atoms with van der Waals surface area (Å²) < 4.78 is 0. The predicted octanol–water partition coefficient (Wildman–Crippen LogP) is 5.34. The highest BCUT2D eigenvalue weighted by Crippen LogP contribution is 2.20. The van der Waals surface area contributed by atoms with Crippen LogP contribution in [0.2, 0.25) is 5.02 Å². The summed E-state index contributed by atoms with van der Waals surface area (Å²) in [6.07, 6.45) is 6.88. The summed E-state index contributed by atoms with van der Waals surface area (Å²) in [6, 6.07) is 16.5. The summed E-state index contributed by atoms with van der Waals surface area (Å²) in [7, 11) is 0. The van der Waals surface area contributed by atoms with Crippen molar-refractivity contribution in [2.75, 3.05) is 16.2 Å². The van der Waals surface area contributed by atoms with E-state index in [0.717, 1.165) is 28.2 Å². The number of nitrogens with zero attached hydrogens (tertiary/aromatic N) is 6. The largest absolute Gasteiger partial charge is 0.324 e. The van der Waals surface area contributed by atoms with Gasteiger partial charge in [-0.1, -0.05) is 11.6 Å². The molecule has 3 heterocycles. The molecule has 0 aliphatic heterocycles. The van der Waals surface area contributed by atoms with Gasteiger partial charge in [0.15, 0.2) is 11.6 Å². The fourth-order valence-electron chi connectivity index (χ4n) is 2.88. The van der Waals surface area contributed by atoms with Gasteiger partial charge in [-0.2, -0.15) is 20.2 Å². The molecular formula is C24H22ClN9. The summed E-state index contributed by atoms with van der Waals surface area (Å²) in [5.74, 6) is 1.33. The second-order valence-electron chi connectivity index (χ2n) is 7.18. The topological polar surface area (TPSA) is 112 Å². The van der Waals surface area contributed by atoms with Gasteiger partial charge in [0.1, 0.15) is 0 Å². The van der Waals surface area contributed by atoms with Crippen molar-refractivity contribution in [1.29, 1.82) is 0 Å². The van der Waals surface area contributed by atoms with Crippen molar-refractivity contribution in [2.24, 2.45) is 10.2 Å². The van der Waals surface area contributed by atoms with Crippen LogP contribution in [-0.4, -0.2) is 31.4 Å². The molecule has 0 saturated heterocycles. The van der Waals surface area contributed by atoms with E-state index in [-0.39, 0.29) is 0 Å². The third-order valence-corrected chi connectivity index (χ3v) is 4.95. The Balaban J connectivity index is 1.59. The van der Waals surface area contributed by atoms with Crippen molar-refractivity contribution < 1.29 is 0 Å². The highest BCUT2D eigenvalue weighted by atomic mass is 35.5. The van der Waals surface area contributed by atoms with E-state index in [1.165, 1.54) is 0 Å². The third-order valence-electron chi connectivity index (χ3n) is 4.70. The van der Waals surface area contributed by atoms with E-state index in [4.69, 9.17) is 11.6 Å². The Morgan fingerprint density at radius 3 is 1.65 bits per heavy atom. The molecule has 0 atom stereocenters. The lowest BCUT2D eigenvalue weighted by Crippen LogP contribution is -2.06. The molecule has 0 spiro atoms. The van der Waals surface area contributed by atoms with E-state index in [1.54, 1.807) is 43.0 Å². The van der Waals surface area contributed by atoms with Gasteiger partial charge >= 0.3 is 0 Å². The van der Waals surface area contributed by atoms with Crippen LogP contribution in [0.1, 0.15) is 25.0 Å². The zero-order chi connectivity index (χ0) is 23.8. The number of anilines is 4. The van der Waals surface area contributed by atoms with Crippen LogP contribution in [0.25, 0.3) is 0 Å². The molecule has 9 nitrogen and oxygen atoms in total. The van der Waals surface area contributed by atoms with Gasteiger partial charge in [0.2, 0.25) is 5.95 Å². The van der Waals surface area contributed by atoms with E-state index in [0.29, 0.717) is 22.6 Å². The van der Waals surface area contributed by atoms with Crippen molar-refractivity contribution in [1.82, 2.24) is 19.9 Å². The van der Waals surface area contributed by atoms with Gasteiger partial charge < -0.3 is 5.32 Å². The molecule has 0 aliphatic rings. The minimum absolute atomic E-state index is 0.364. The third kappa shape index (κ3) is 6.33. The molecule has 10 heteroatoms. The highest BCUT2D eigenvalue weighted by Gasteiger charge is 2.07. The smallest absolute Gasteiger partial charge is 0.231 e. The van der Waals surface area contributed by atoms with Gasteiger partial charge in [0.05, 0.1) is 11.4 Å². The summed E-state index contributed by atoms with van der Waals surface area (Å²) in [5, 5.41) is 12.7. The van der Waals surface area contributed by atoms with Gasteiger partial charge in [0, 0.05) is 52.7 Å². The number of nitrogens with one attached hydrogen (secondary N) is 3. The quantitative estimate of drug-likeness (QED) is 0.235. The average molecular weight is 472 g/mol. The summed E-state index contributed by atoms with van der Waals surface area (Å²) in [4.78, 5) is 17.1. The van der Waals surface area contributed by atoms with Crippen LogP contribution in [0.3, 0.4) is 0 Å². The lowest BCUT2D eigenvalue weighted by Gasteiger charge is -2.10. The second kappa shape index (κ2) is 11.0. The maximum absolute atomic E-state index is 5.99. The first-order valence-corrected chi connectivity index (χ1v) is 10.8. The van der Waals surface area contributed by atoms with Crippen LogP contribution in [0.5, 0.6) is 0 Å². The SMILES string of the molecule is CC(=NNc1cc(NN=C(C)c2ccncc2)nc(Nc2ccc(Cl)cc2)n1)c1ccncc1. The van der Waals surface area contributed by atoms with Crippen molar-refractivity contribution in [2.45, 2.75) is 13.8 Å². The van der Waals surface area contributed by atoms with E-state index < -0.39 is 0 Å². The number of halogens is 1. The Labute approximate surface area is 202 Å². The van der Waals surface area contributed by atoms with Gasteiger partial charge in [-0.15, -0.1) is 0 Å². The lowest BCUT2D eigenvalue weighted by atomic mass is 10.2. The number of hydrazone groups is 2. The Hall–Kier alpha value is -4.37. The fraction of sp³-hybridized carbons (Fsp3) is 0.0833. The molecule has 3 N–H and O–H groups in total. The van der Waals surface area contributed by atoms with Crippen LogP contribution in [-0.2, 0) is 0 Å². The van der Waals surface area contributed by atoms with Crippen LogP contribution in [0.15, 0.2) is 89.6 Å². The molecule has 0 aliphatic carbocycles. The molecular weight excluding hydrogens is 450 g/mol. The Kier molecular flexibility index (Phi) is 7.36. The molecule has 3 aromatic heterocycles. The molecule has 170 valence electrons. The zero-order valence-electron chi connectivity index (χ0n) is 18.6. The molecule has 0 unspecified atom stereocenters. The molecule has 0 fully saturated rings. The van der Waals surface area contributed by atoms with Gasteiger partial charge in [-0.05, 0) is 62.4 Å². The van der Waals surface area contributed by atoms with Crippen molar-refractivity contribution in [3.63, 3.8) is 0 Å².